The van der Waals surface area contributed by atoms with Gasteiger partial charge in [0, 0.05) is 39.0 Å². The molecule has 1 aromatic rings. The molecule has 6 nitrogen and oxygen atoms in total. The molecular weight excluding hydrogens is 246 g/mol. The van der Waals surface area contributed by atoms with Crippen molar-refractivity contribution in [2.45, 2.75) is 18.9 Å². The summed E-state index contributed by atoms with van der Waals surface area (Å²) in [6.07, 6.45) is 3.99. The molecule has 6 heteroatoms. The highest BCUT2D eigenvalue weighted by Crippen LogP contribution is 2.27. The largest absolute Gasteiger partial charge is 0.481 e. The van der Waals surface area contributed by atoms with Gasteiger partial charge in [-0.1, -0.05) is 0 Å². The Hall–Kier alpha value is -2.11. The minimum absolute atomic E-state index is 0.0142. The molecule has 1 unspecified atom stereocenters. The fourth-order valence-electron chi connectivity index (χ4n) is 2.29. The number of carbonyl (C=O) groups is 2. The van der Waals surface area contributed by atoms with Gasteiger partial charge in [0.25, 0.3) is 0 Å². The van der Waals surface area contributed by atoms with Crippen molar-refractivity contribution in [1.29, 1.82) is 0 Å². The van der Waals surface area contributed by atoms with Crippen LogP contribution in [0.5, 0.6) is 0 Å². The molecule has 19 heavy (non-hydrogen) atoms. The Labute approximate surface area is 111 Å². The van der Waals surface area contributed by atoms with Crippen LogP contribution in [0.25, 0.3) is 0 Å². The van der Waals surface area contributed by atoms with Gasteiger partial charge in [0.2, 0.25) is 0 Å². The first-order valence-electron chi connectivity index (χ1n) is 6.23. The molecule has 2 amide bonds. The Morgan fingerprint density at radius 1 is 1.47 bits per heavy atom. The van der Waals surface area contributed by atoms with Crippen molar-refractivity contribution < 1.29 is 14.7 Å². The summed E-state index contributed by atoms with van der Waals surface area (Å²) in [7, 11) is 1.77. The van der Waals surface area contributed by atoms with Gasteiger partial charge >= 0.3 is 12.0 Å². The summed E-state index contributed by atoms with van der Waals surface area (Å²) in [5.41, 5.74) is 1.05. The van der Waals surface area contributed by atoms with Crippen LogP contribution >= 0.6 is 0 Å². The minimum atomic E-state index is -0.828. The molecule has 0 radical (unpaired) electrons. The Kier molecular flexibility index (Phi) is 3.99. The molecular formula is C13H17N3O3. The van der Waals surface area contributed by atoms with Gasteiger partial charge in [-0.15, -0.1) is 0 Å². The topological polar surface area (TPSA) is 73.7 Å². The van der Waals surface area contributed by atoms with E-state index in [2.05, 4.69) is 4.98 Å². The lowest BCUT2D eigenvalue weighted by atomic mass is 10.1. The van der Waals surface area contributed by atoms with Crippen molar-refractivity contribution >= 4 is 12.0 Å². The first kappa shape index (κ1) is 13.3. The summed E-state index contributed by atoms with van der Waals surface area (Å²) < 4.78 is 0. The molecule has 0 spiro atoms. The number of carbonyl (C=O) groups excluding carboxylic acids is 1. The smallest absolute Gasteiger partial charge is 0.320 e. The lowest BCUT2D eigenvalue weighted by Crippen LogP contribution is -2.30. The molecule has 102 valence electrons. The van der Waals surface area contributed by atoms with Crippen LogP contribution in [-0.2, 0) is 4.79 Å². The minimum Gasteiger partial charge on any atom is -0.481 e. The lowest BCUT2D eigenvalue weighted by Gasteiger charge is -2.17. The highest BCUT2D eigenvalue weighted by atomic mass is 16.4. The quantitative estimate of drug-likeness (QED) is 0.870. The molecule has 1 atom stereocenters. The first-order valence-corrected chi connectivity index (χ1v) is 6.23. The SMILES string of the molecule is CN1C(=O)N(CCCC(=O)O)CC1c1ccncc1. The molecule has 0 bridgehead atoms. The number of carboxylic acid groups (broad SMARTS) is 1. The molecule has 0 saturated carbocycles. The standard InChI is InChI=1S/C13H17N3O3/c1-15-11(10-4-6-14-7-5-10)9-16(13(15)19)8-2-3-12(17)18/h4-7,11H,2-3,8-9H2,1H3,(H,17,18). The molecule has 1 aromatic heterocycles. The van der Waals surface area contributed by atoms with E-state index in [1.807, 2.05) is 12.1 Å². The second-order valence-electron chi connectivity index (χ2n) is 4.63. The van der Waals surface area contributed by atoms with Gasteiger partial charge in [0.15, 0.2) is 0 Å². The van der Waals surface area contributed by atoms with Crippen LogP contribution in [-0.4, -0.2) is 52.0 Å². The van der Waals surface area contributed by atoms with Crippen LogP contribution in [0.15, 0.2) is 24.5 Å². The maximum atomic E-state index is 12.1. The van der Waals surface area contributed by atoms with E-state index in [0.717, 1.165) is 5.56 Å². The van der Waals surface area contributed by atoms with Crippen molar-refractivity contribution in [3.05, 3.63) is 30.1 Å². The maximum Gasteiger partial charge on any atom is 0.320 e. The van der Waals surface area contributed by atoms with E-state index in [1.165, 1.54) is 0 Å². The first-order chi connectivity index (χ1) is 9.09. The van der Waals surface area contributed by atoms with E-state index in [-0.39, 0.29) is 18.5 Å². The highest BCUT2D eigenvalue weighted by molar-refractivity contribution is 5.77. The zero-order valence-electron chi connectivity index (χ0n) is 10.8. The van der Waals surface area contributed by atoms with Gasteiger partial charge in [-0.2, -0.15) is 0 Å². The van der Waals surface area contributed by atoms with E-state index in [4.69, 9.17) is 5.11 Å². The van der Waals surface area contributed by atoms with Crippen molar-refractivity contribution in [2.75, 3.05) is 20.1 Å². The molecule has 1 N–H and O–H groups in total. The number of hydrogen-bond acceptors (Lipinski definition) is 3. The molecule has 1 saturated heterocycles. The van der Waals surface area contributed by atoms with Gasteiger partial charge in [0.1, 0.15) is 0 Å². The van der Waals surface area contributed by atoms with Crippen molar-refractivity contribution in [3.8, 4) is 0 Å². The predicted octanol–water partition coefficient (Wildman–Crippen LogP) is 1.35. The number of hydrogen-bond donors (Lipinski definition) is 1. The van der Waals surface area contributed by atoms with E-state index in [9.17, 15) is 9.59 Å². The normalized spacial score (nSPS) is 19.0. The van der Waals surface area contributed by atoms with Crippen LogP contribution in [0.1, 0.15) is 24.4 Å². The molecule has 2 rings (SSSR count). The number of urea groups is 1. The molecule has 1 fully saturated rings. The van der Waals surface area contributed by atoms with Gasteiger partial charge in [-0.05, 0) is 24.1 Å². The summed E-state index contributed by atoms with van der Waals surface area (Å²) in [5, 5.41) is 8.61. The second kappa shape index (κ2) is 5.69. The maximum absolute atomic E-state index is 12.1. The van der Waals surface area contributed by atoms with Crippen LogP contribution in [0.3, 0.4) is 0 Å². The second-order valence-corrected chi connectivity index (χ2v) is 4.63. The number of aromatic nitrogens is 1. The summed E-state index contributed by atoms with van der Waals surface area (Å²) in [6, 6.07) is 3.76. The van der Waals surface area contributed by atoms with Crippen LogP contribution in [0, 0.1) is 0 Å². The van der Waals surface area contributed by atoms with E-state index >= 15 is 0 Å². The highest BCUT2D eigenvalue weighted by Gasteiger charge is 2.34. The summed E-state index contributed by atoms with van der Waals surface area (Å²) in [6.45, 7) is 1.08. The third-order valence-electron chi connectivity index (χ3n) is 3.34. The average Bonchev–Trinajstić information content (AvgIpc) is 2.68. The van der Waals surface area contributed by atoms with Crippen molar-refractivity contribution in [2.24, 2.45) is 0 Å². The van der Waals surface area contributed by atoms with Crippen LogP contribution in [0.4, 0.5) is 4.79 Å². The molecule has 1 aliphatic rings. The van der Waals surface area contributed by atoms with E-state index < -0.39 is 5.97 Å². The number of carboxylic acids is 1. The molecule has 2 heterocycles. The number of rotatable bonds is 5. The van der Waals surface area contributed by atoms with Gasteiger partial charge in [-0.3, -0.25) is 9.78 Å². The Morgan fingerprint density at radius 3 is 2.79 bits per heavy atom. The third kappa shape index (κ3) is 3.01. The summed E-state index contributed by atoms with van der Waals surface area (Å²) >= 11 is 0. The van der Waals surface area contributed by atoms with Crippen molar-refractivity contribution in [3.63, 3.8) is 0 Å². The zero-order valence-corrected chi connectivity index (χ0v) is 10.8. The Morgan fingerprint density at radius 2 is 2.16 bits per heavy atom. The summed E-state index contributed by atoms with van der Waals surface area (Å²) in [5.74, 6) is -0.828. The molecule has 0 aliphatic carbocycles. The lowest BCUT2D eigenvalue weighted by molar-refractivity contribution is -0.137. The number of likely N-dealkylation sites (N-methyl/N-ethyl adjacent to an activating group) is 1. The van der Waals surface area contributed by atoms with E-state index in [0.29, 0.717) is 19.5 Å². The zero-order chi connectivity index (χ0) is 13.8. The van der Waals surface area contributed by atoms with E-state index in [1.54, 1.807) is 29.2 Å². The average molecular weight is 263 g/mol. The Balaban J connectivity index is 1.99. The number of amides is 2. The monoisotopic (exact) mass is 263 g/mol. The summed E-state index contributed by atoms with van der Waals surface area (Å²) in [4.78, 5) is 29.9. The van der Waals surface area contributed by atoms with Crippen LogP contribution in [0.2, 0.25) is 0 Å². The van der Waals surface area contributed by atoms with Crippen LogP contribution < -0.4 is 0 Å². The third-order valence-corrected chi connectivity index (χ3v) is 3.34. The fourth-order valence-corrected chi connectivity index (χ4v) is 2.29. The molecule has 1 aliphatic heterocycles. The Bertz CT molecular complexity index is 463. The van der Waals surface area contributed by atoms with Gasteiger partial charge in [-0.25, -0.2) is 4.79 Å². The van der Waals surface area contributed by atoms with Gasteiger partial charge in [0.05, 0.1) is 6.04 Å². The fraction of sp³-hybridized carbons (Fsp3) is 0.462. The number of aliphatic carboxylic acids is 1. The van der Waals surface area contributed by atoms with Gasteiger partial charge < -0.3 is 14.9 Å². The molecule has 0 aromatic carbocycles. The predicted molar refractivity (Wildman–Crippen MR) is 68.6 cm³/mol. The number of nitrogens with zero attached hydrogens (tertiary/aromatic N) is 3. The van der Waals surface area contributed by atoms with Crippen molar-refractivity contribution in [1.82, 2.24) is 14.8 Å². The number of pyridine rings is 1.